The highest BCUT2D eigenvalue weighted by atomic mass is 32.1. The number of aliphatic hydroxyl groups excluding tert-OH is 1. The molecule has 6 rings (SSSR count). The normalized spacial score (nSPS) is 17.1. The maximum atomic E-state index is 13.4. The summed E-state index contributed by atoms with van der Waals surface area (Å²) in [7, 11) is 0. The highest BCUT2D eigenvalue weighted by Crippen LogP contribution is 2.42. The Morgan fingerprint density at radius 1 is 0.744 bits per heavy atom. The first-order valence-corrected chi connectivity index (χ1v) is 14.6. The fourth-order valence-electron chi connectivity index (χ4n) is 5.77. The highest BCUT2D eigenvalue weighted by molar-refractivity contribution is 7.80. The fourth-order valence-corrected chi connectivity index (χ4v) is 6.14. The number of aliphatic hydroxyl groups is 1. The van der Waals surface area contributed by atoms with Crippen LogP contribution in [0.5, 0.6) is 11.5 Å². The van der Waals surface area contributed by atoms with Gasteiger partial charge in [0.1, 0.15) is 17.3 Å². The molecule has 4 N–H and O–H groups in total. The number of halogens is 1. The SMILES string of the molecule is Oc1cccc(-c2ccc([C@@H]3[C@H](CC[C@H](O)c4ccc(F)cc4)NC(=S)N3c3ccc(-c4ccccc4)cc3)c(O)c2)c1. The number of thiocarbonyl (C=S) groups is 1. The molecule has 1 fully saturated rings. The molecule has 1 saturated heterocycles. The molecule has 5 aromatic rings. The molecule has 0 aromatic heterocycles. The van der Waals surface area contributed by atoms with Crippen LogP contribution < -0.4 is 10.2 Å². The number of phenols is 2. The second kappa shape index (κ2) is 12.3. The molecule has 0 spiro atoms. The van der Waals surface area contributed by atoms with Crippen LogP contribution in [0, 0.1) is 5.82 Å². The van der Waals surface area contributed by atoms with Gasteiger partial charge >= 0.3 is 0 Å². The third kappa shape index (κ3) is 6.09. The molecular formula is C36H31FN2O3S. The predicted molar refractivity (Wildman–Crippen MR) is 172 cm³/mol. The number of phenolic OH excluding ortho intramolecular Hbond substituents is 2. The molecule has 5 nitrogen and oxygen atoms in total. The zero-order valence-electron chi connectivity index (χ0n) is 23.3. The van der Waals surface area contributed by atoms with Gasteiger partial charge < -0.3 is 25.5 Å². The van der Waals surface area contributed by atoms with Gasteiger partial charge in [-0.15, -0.1) is 0 Å². The van der Waals surface area contributed by atoms with Gasteiger partial charge in [-0.3, -0.25) is 0 Å². The highest BCUT2D eigenvalue weighted by Gasteiger charge is 2.40. The van der Waals surface area contributed by atoms with Crippen molar-refractivity contribution in [3.63, 3.8) is 0 Å². The van der Waals surface area contributed by atoms with E-state index in [4.69, 9.17) is 12.2 Å². The Hall–Kier alpha value is -4.72. The van der Waals surface area contributed by atoms with Crippen molar-refractivity contribution in [2.24, 2.45) is 0 Å². The van der Waals surface area contributed by atoms with Gasteiger partial charge in [0.05, 0.1) is 18.2 Å². The smallest absolute Gasteiger partial charge is 0.174 e. The summed E-state index contributed by atoms with van der Waals surface area (Å²) in [6, 6.07) is 36.0. The van der Waals surface area contributed by atoms with Crippen molar-refractivity contribution >= 4 is 23.0 Å². The van der Waals surface area contributed by atoms with E-state index in [1.165, 1.54) is 12.1 Å². The Bertz CT molecular complexity index is 1730. The summed E-state index contributed by atoms with van der Waals surface area (Å²) in [4.78, 5) is 2.02. The Kier molecular flexibility index (Phi) is 8.09. The number of anilines is 1. The van der Waals surface area contributed by atoms with Crippen molar-refractivity contribution < 1.29 is 19.7 Å². The van der Waals surface area contributed by atoms with Gasteiger partial charge in [-0.1, -0.05) is 78.9 Å². The largest absolute Gasteiger partial charge is 0.508 e. The van der Waals surface area contributed by atoms with Crippen LogP contribution in [0.3, 0.4) is 0 Å². The third-order valence-corrected chi connectivity index (χ3v) is 8.29. The Morgan fingerprint density at radius 2 is 1.40 bits per heavy atom. The Morgan fingerprint density at radius 3 is 2.09 bits per heavy atom. The molecular weight excluding hydrogens is 559 g/mol. The Balaban J connectivity index is 1.33. The molecule has 5 aromatic carbocycles. The minimum Gasteiger partial charge on any atom is -0.508 e. The summed E-state index contributed by atoms with van der Waals surface area (Å²) >= 11 is 5.85. The molecule has 1 heterocycles. The van der Waals surface area contributed by atoms with Crippen LogP contribution >= 0.6 is 12.2 Å². The minimum atomic E-state index is -0.780. The molecule has 0 radical (unpaired) electrons. The average molecular weight is 591 g/mol. The van der Waals surface area contributed by atoms with Gasteiger partial charge in [-0.2, -0.15) is 0 Å². The second-order valence-corrected chi connectivity index (χ2v) is 11.1. The number of hydrogen-bond donors (Lipinski definition) is 4. The zero-order chi connectivity index (χ0) is 29.9. The van der Waals surface area contributed by atoms with Crippen molar-refractivity contribution in [2.75, 3.05) is 4.90 Å². The van der Waals surface area contributed by atoms with Gasteiger partial charge in [-0.25, -0.2) is 4.39 Å². The van der Waals surface area contributed by atoms with Crippen molar-refractivity contribution in [3.8, 4) is 33.8 Å². The summed E-state index contributed by atoms with van der Waals surface area (Å²) in [5.74, 6) is -0.0963. The van der Waals surface area contributed by atoms with E-state index >= 15 is 0 Å². The lowest BCUT2D eigenvalue weighted by Gasteiger charge is -2.29. The lowest BCUT2D eigenvalue weighted by molar-refractivity contribution is 0.159. The van der Waals surface area contributed by atoms with Gasteiger partial charge in [0.15, 0.2) is 5.11 Å². The average Bonchev–Trinajstić information content (AvgIpc) is 3.36. The van der Waals surface area contributed by atoms with E-state index in [0.717, 1.165) is 27.9 Å². The van der Waals surface area contributed by atoms with Gasteiger partial charge in [0, 0.05) is 11.3 Å². The maximum absolute atomic E-state index is 13.4. The quantitative estimate of drug-likeness (QED) is 0.138. The molecule has 1 aliphatic rings. The van der Waals surface area contributed by atoms with E-state index in [1.807, 2.05) is 53.4 Å². The second-order valence-electron chi connectivity index (χ2n) is 10.8. The molecule has 43 heavy (non-hydrogen) atoms. The van der Waals surface area contributed by atoms with Gasteiger partial charge in [-0.05, 0) is 95.3 Å². The van der Waals surface area contributed by atoms with Crippen LogP contribution in [0.15, 0.2) is 121 Å². The first-order valence-electron chi connectivity index (χ1n) is 14.2. The fraction of sp³-hybridized carbons (Fsp3) is 0.139. The molecule has 0 bridgehead atoms. The van der Waals surface area contributed by atoms with E-state index < -0.39 is 6.10 Å². The molecule has 7 heteroatoms. The molecule has 3 atom stereocenters. The predicted octanol–water partition coefficient (Wildman–Crippen LogP) is 7.89. The first-order chi connectivity index (χ1) is 20.9. The molecule has 0 aliphatic carbocycles. The van der Waals surface area contributed by atoms with E-state index in [1.54, 1.807) is 36.4 Å². The van der Waals surface area contributed by atoms with Crippen LogP contribution in [-0.2, 0) is 0 Å². The van der Waals surface area contributed by atoms with Crippen LogP contribution in [0.4, 0.5) is 10.1 Å². The third-order valence-electron chi connectivity index (χ3n) is 7.97. The number of aromatic hydroxyl groups is 2. The van der Waals surface area contributed by atoms with Crippen molar-refractivity contribution in [3.05, 3.63) is 138 Å². The monoisotopic (exact) mass is 590 g/mol. The molecule has 0 unspecified atom stereocenters. The number of hydrogen-bond acceptors (Lipinski definition) is 4. The summed E-state index contributed by atoms with van der Waals surface area (Å²) in [5, 5.41) is 36.2. The van der Waals surface area contributed by atoms with Crippen molar-refractivity contribution in [1.82, 2.24) is 5.32 Å². The zero-order valence-corrected chi connectivity index (χ0v) is 24.1. The summed E-state index contributed by atoms with van der Waals surface area (Å²) < 4.78 is 13.4. The van der Waals surface area contributed by atoms with Crippen molar-refractivity contribution in [1.29, 1.82) is 0 Å². The lowest BCUT2D eigenvalue weighted by Crippen LogP contribution is -2.29. The summed E-state index contributed by atoms with van der Waals surface area (Å²) in [6.45, 7) is 0. The van der Waals surface area contributed by atoms with E-state index in [9.17, 15) is 19.7 Å². The number of rotatable bonds is 8. The summed E-state index contributed by atoms with van der Waals surface area (Å²) in [5.41, 5.74) is 5.95. The van der Waals surface area contributed by atoms with E-state index in [2.05, 4.69) is 29.6 Å². The van der Waals surface area contributed by atoms with Crippen LogP contribution in [0.25, 0.3) is 22.3 Å². The van der Waals surface area contributed by atoms with Gasteiger partial charge in [0.2, 0.25) is 0 Å². The molecule has 1 aliphatic heterocycles. The van der Waals surface area contributed by atoms with E-state index in [-0.39, 0.29) is 29.4 Å². The minimum absolute atomic E-state index is 0.104. The number of benzene rings is 5. The number of nitrogens with one attached hydrogen (secondary N) is 1. The topological polar surface area (TPSA) is 76.0 Å². The summed E-state index contributed by atoms with van der Waals surface area (Å²) in [6.07, 6.45) is 0.165. The molecule has 0 saturated carbocycles. The molecule has 0 amide bonds. The van der Waals surface area contributed by atoms with Crippen LogP contribution in [0.2, 0.25) is 0 Å². The Labute approximate surface area is 255 Å². The van der Waals surface area contributed by atoms with Crippen molar-refractivity contribution in [2.45, 2.75) is 31.0 Å². The van der Waals surface area contributed by atoms with Crippen LogP contribution in [0.1, 0.15) is 36.1 Å². The standard InChI is InChI=1S/C36H31FN2O3S/c37-28-14-9-25(10-15-28)33(41)20-19-32-35(31-18-13-27(22-34(31)42)26-7-4-8-30(40)21-26)39(36(43)38-32)29-16-11-24(12-17-29)23-5-2-1-3-6-23/h1-18,21-22,32-33,35,40-42H,19-20H2,(H,38,43)/t32-,33-,35+/m0/s1. The first kappa shape index (κ1) is 28.4. The van der Waals surface area contributed by atoms with Gasteiger partial charge in [0.25, 0.3) is 0 Å². The van der Waals surface area contributed by atoms with Crippen LogP contribution in [-0.4, -0.2) is 26.5 Å². The van der Waals surface area contributed by atoms with E-state index in [0.29, 0.717) is 29.1 Å². The lowest BCUT2D eigenvalue weighted by atomic mass is 9.91. The number of nitrogens with zero attached hydrogens (tertiary/aromatic N) is 1. The molecule has 216 valence electrons. The maximum Gasteiger partial charge on any atom is 0.174 e.